The highest BCUT2D eigenvalue weighted by molar-refractivity contribution is 5.81. The van der Waals surface area contributed by atoms with Crippen molar-refractivity contribution in [2.24, 2.45) is 5.92 Å². The number of aliphatic carboxylic acids is 1. The molecule has 0 aromatic rings. The number of carbonyl (C=O) groups excluding carboxylic acids is 1. The van der Waals surface area contributed by atoms with Gasteiger partial charge in [0.2, 0.25) is 5.91 Å². The van der Waals surface area contributed by atoms with E-state index in [0.29, 0.717) is 12.5 Å². The van der Waals surface area contributed by atoms with Crippen LogP contribution in [0, 0.1) is 5.92 Å². The first kappa shape index (κ1) is 19.9. The molecule has 0 aliphatic rings. The van der Waals surface area contributed by atoms with Crippen LogP contribution in [-0.2, 0) is 9.59 Å². The van der Waals surface area contributed by atoms with E-state index in [0.717, 1.165) is 19.3 Å². The summed E-state index contributed by atoms with van der Waals surface area (Å²) in [6.45, 7) is 12.1. The smallest absolute Gasteiger partial charge is 0.323 e. The van der Waals surface area contributed by atoms with Gasteiger partial charge in [-0.05, 0) is 39.7 Å². The van der Waals surface area contributed by atoms with Gasteiger partial charge in [0.15, 0.2) is 0 Å². The summed E-state index contributed by atoms with van der Waals surface area (Å²) in [5.41, 5.74) is -1.03. The number of rotatable bonds is 10. The largest absolute Gasteiger partial charge is 0.480 e. The lowest BCUT2D eigenvalue weighted by Crippen LogP contribution is -2.54. The second-order valence-corrected chi connectivity index (χ2v) is 6.67. The van der Waals surface area contributed by atoms with E-state index < -0.39 is 11.5 Å². The Bertz CT molecular complexity index is 340. The van der Waals surface area contributed by atoms with Gasteiger partial charge in [-0.15, -0.1) is 0 Å². The predicted molar refractivity (Wildman–Crippen MR) is 85.3 cm³/mol. The number of carboxylic acid groups (broad SMARTS) is 1. The minimum absolute atomic E-state index is 0.108. The molecule has 0 aliphatic carbocycles. The molecule has 0 saturated carbocycles. The van der Waals surface area contributed by atoms with Crippen molar-refractivity contribution in [3.05, 3.63) is 0 Å². The number of nitrogens with zero attached hydrogens (tertiary/aromatic N) is 1. The van der Waals surface area contributed by atoms with E-state index in [-0.39, 0.29) is 18.5 Å². The first-order valence-corrected chi connectivity index (χ1v) is 7.89. The van der Waals surface area contributed by atoms with E-state index in [4.69, 9.17) is 0 Å². The van der Waals surface area contributed by atoms with Crippen LogP contribution in [0.4, 0.5) is 0 Å². The third kappa shape index (κ3) is 7.46. The summed E-state index contributed by atoms with van der Waals surface area (Å²) in [6.07, 6.45) is 3.21. The Hall–Kier alpha value is -1.10. The van der Waals surface area contributed by atoms with E-state index in [1.54, 1.807) is 18.7 Å². The Morgan fingerprint density at radius 1 is 1.19 bits per heavy atom. The molecule has 124 valence electrons. The van der Waals surface area contributed by atoms with Crippen LogP contribution in [0.2, 0.25) is 0 Å². The maximum atomic E-state index is 12.0. The van der Waals surface area contributed by atoms with Gasteiger partial charge in [-0.2, -0.15) is 0 Å². The fourth-order valence-electron chi connectivity index (χ4n) is 2.24. The average molecular weight is 300 g/mol. The zero-order valence-corrected chi connectivity index (χ0v) is 14.4. The van der Waals surface area contributed by atoms with Gasteiger partial charge in [0, 0.05) is 6.04 Å². The molecule has 5 nitrogen and oxygen atoms in total. The number of hydrogen-bond acceptors (Lipinski definition) is 3. The van der Waals surface area contributed by atoms with Crippen LogP contribution in [0.5, 0.6) is 0 Å². The zero-order chi connectivity index (χ0) is 16.6. The molecule has 0 spiro atoms. The highest BCUT2D eigenvalue weighted by atomic mass is 16.4. The number of nitrogens with one attached hydrogen (secondary N) is 1. The zero-order valence-electron chi connectivity index (χ0n) is 14.4. The molecule has 0 radical (unpaired) electrons. The molecule has 1 amide bonds. The van der Waals surface area contributed by atoms with Crippen LogP contribution in [0.1, 0.15) is 60.8 Å². The number of likely N-dealkylation sites (N-methyl/N-ethyl adjacent to an activating group) is 1. The van der Waals surface area contributed by atoms with E-state index in [1.165, 1.54) is 0 Å². The molecule has 1 unspecified atom stereocenters. The molecule has 1 atom stereocenters. The Labute approximate surface area is 129 Å². The second-order valence-electron chi connectivity index (χ2n) is 6.67. The Balaban J connectivity index is 4.31. The standard InChI is InChI=1S/C16H32N2O3/c1-7-18(16(5,6)15(20)21)11-14(19)17-13(4)10-8-9-12(2)3/h12-13H,7-11H2,1-6H3,(H,17,19)(H,20,21). The van der Waals surface area contributed by atoms with E-state index in [2.05, 4.69) is 19.2 Å². The third-order valence-electron chi connectivity index (χ3n) is 3.86. The van der Waals surface area contributed by atoms with Crippen molar-refractivity contribution in [2.75, 3.05) is 13.1 Å². The van der Waals surface area contributed by atoms with Crippen LogP contribution in [0.15, 0.2) is 0 Å². The summed E-state index contributed by atoms with van der Waals surface area (Å²) < 4.78 is 0. The third-order valence-corrected chi connectivity index (χ3v) is 3.86. The molecule has 0 aromatic carbocycles. The fourth-order valence-corrected chi connectivity index (χ4v) is 2.24. The summed E-state index contributed by atoms with van der Waals surface area (Å²) in [7, 11) is 0. The summed E-state index contributed by atoms with van der Waals surface area (Å²) in [5.74, 6) is -0.342. The van der Waals surface area contributed by atoms with Crippen molar-refractivity contribution < 1.29 is 14.7 Å². The van der Waals surface area contributed by atoms with Crippen molar-refractivity contribution in [3.63, 3.8) is 0 Å². The SMILES string of the molecule is CCN(CC(=O)NC(C)CCCC(C)C)C(C)(C)C(=O)O. The van der Waals surface area contributed by atoms with Gasteiger partial charge in [-0.1, -0.05) is 33.6 Å². The molecule has 0 bridgehead atoms. The van der Waals surface area contributed by atoms with Crippen LogP contribution in [0.25, 0.3) is 0 Å². The molecule has 0 rings (SSSR count). The van der Waals surface area contributed by atoms with Crippen molar-refractivity contribution in [1.29, 1.82) is 0 Å². The van der Waals surface area contributed by atoms with E-state index in [9.17, 15) is 14.7 Å². The molecule has 0 fully saturated rings. The monoisotopic (exact) mass is 300 g/mol. The Morgan fingerprint density at radius 3 is 2.19 bits per heavy atom. The quantitative estimate of drug-likeness (QED) is 0.650. The summed E-state index contributed by atoms with van der Waals surface area (Å²) >= 11 is 0. The second kappa shape index (κ2) is 9.03. The summed E-state index contributed by atoms with van der Waals surface area (Å²) in [6, 6.07) is 0.128. The normalized spacial score (nSPS) is 13.5. The minimum atomic E-state index is -1.03. The fraction of sp³-hybridized carbons (Fsp3) is 0.875. The number of hydrogen-bond donors (Lipinski definition) is 2. The first-order valence-electron chi connectivity index (χ1n) is 7.89. The number of carboxylic acids is 1. The first-order chi connectivity index (χ1) is 9.61. The molecule has 21 heavy (non-hydrogen) atoms. The number of amides is 1. The van der Waals surface area contributed by atoms with Crippen molar-refractivity contribution in [2.45, 2.75) is 72.4 Å². The molecule has 5 heteroatoms. The van der Waals surface area contributed by atoms with Gasteiger partial charge < -0.3 is 10.4 Å². The lowest BCUT2D eigenvalue weighted by molar-refractivity contribution is -0.150. The molecule has 2 N–H and O–H groups in total. The maximum Gasteiger partial charge on any atom is 0.323 e. The van der Waals surface area contributed by atoms with E-state index >= 15 is 0 Å². The molecule has 0 heterocycles. The predicted octanol–water partition coefficient (Wildman–Crippen LogP) is 2.50. The van der Waals surface area contributed by atoms with E-state index in [1.807, 2.05) is 13.8 Å². The molecule has 0 aromatic heterocycles. The summed E-state index contributed by atoms with van der Waals surface area (Å²) in [5, 5.41) is 12.2. The highest BCUT2D eigenvalue weighted by Crippen LogP contribution is 2.14. The van der Waals surface area contributed by atoms with Crippen molar-refractivity contribution in [3.8, 4) is 0 Å². The lowest BCUT2D eigenvalue weighted by Gasteiger charge is -2.33. The molecular weight excluding hydrogens is 268 g/mol. The average Bonchev–Trinajstić information content (AvgIpc) is 2.34. The van der Waals surface area contributed by atoms with Gasteiger partial charge >= 0.3 is 5.97 Å². The van der Waals surface area contributed by atoms with Crippen molar-refractivity contribution >= 4 is 11.9 Å². The summed E-state index contributed by atoms with van der Waals surface area (Å²) in [4.78, 5) is 25.0. The van der Waals surface area contributed by atoms with Crippen LogP contribution >= 0.6 is 0 Å². The molecule has 0 aliphatic heterocycles. The van der Waals surface area contributed by atoms with Crippen molar-refractivity contribution in [1.82, 2.24) is 10.2 Å². The van der Waals surface area contributed by atoms with Gasteiger partial charge in [-0.25, -0.2) is 0 Å². The Morgan fingerprint density at radius 2 is 1.76 bits per heavy atom. The molecule has 0 saturated heterocycles. The Kier molecular flexibility index (Phi) is 8.55. The van der Waals surface area contributed by atoms with Gasteiger partial charge in [0.25, 0.3) is 0 Å². The van der Waals surface area contributed by atoms with Gasteiger partial charge in [0.05, 0.1) is 6.54 Å². The van der Waals surface area contributed by atoms with Gasteiger partial charge in [-0.3, -0.25) is 14.5 Å². The topological polar surface area (TPSA) is 69.6 Å². The molecular formula is C16H32N2O3. The van der Waals surface area contributed by atoms with Crippen LogP contribution < -0.4 is 5.32 Å². The maximum absolute atomic E-state index is 12.0. The van der Waals surface area contributed by atoms with Crippen LogP contribution in [-0.4, -0.2) is 46.6 Å². The highest BCUT2D eigenvalue weighted by Gasteiger charge is 2.34. The number of carbonyl (C=O) groups is 2. The van der Waals surface area contributed by atoms with Gasteiger partial charge in [0.1, 0.15) is 5.54 Å². The minimum Gasteiger partial charge on any atom is -0.480 e. The van der Waals surface area contributed by atoms with Crippen LogP contribution in [0.3, 0.4) is 0 Å². The lowest BCUT2D eigenvalue weighted by atomic mass is 10.0.